The van der Waals surface area contributed by atoms with Crippen LogP contribution in [0.15, 0.2) is 46.1 Å². The van der Waals surface area contributed by atoms with Crippen LogP contribution >= 0.6 is 0 Å². The van der Waals surface area contributed by atoms with E-state index in [0.717, 1.165) is 55.4 Å². The summed E-state index contributed by atoms with van der Waals surface area (Å²) in [6, 6.07) is 10.7. The van der Waals surface area contributed by atoms with Crippen molar-refractivity contribution in [3.63, 3.8) is 0 Å². The van der Waals surface area contributed by atoms with Gasteiger partial charge in [0.15, 0.2) is 9.84 Å². The van der Waals surface area contributed by atoms with Crippen molar-refractivity contribution in [1.29, 1.82) is 0 Å². The molecule has 1 fully saturated rings. The molecule has 0 bridgehead atoms. The van der Waals surface area contributed by atoms with Gasteiger partial charge in [0.05, 0.1) is 30.5 Å². The van der Waals surface area contributed by atoms with Crippen molar-refractivity contribution in [1.82, 2.24) is 9.78 Å². The molecule has 1 saturated heterocycles. The normalized spacial score (nSPS) is 17.3. The molecule has 190 valence electrons. The average Bonchev–Trinajstić information content (AvgIpc) is 3.53. The quantitative estimate of drug-likeness (QED) is 0.501. The fourth-order valence-electron chi connectivity index (χ4n) is 5.27. The fraction of sp³-hybridized carbons (Fsp3) is 0.407. The third-order valence-corrected chi connectivity index (χ3v) is 8.28. The fourth-order valence-corrected chi connectivity index (χ4v) is 6.11. The van der Waals surface area contributed by atoms with Crippen LogP contribution in [0.25, 0.3) is 16.9 Å². The van der Waals surface area contributed by atoms with Gasteiger partial charge in [0, 0.05) is 42.2 Å². The maximum atomic E-state index is 13.7. The molecule has 1 unspecified atom stereocenters. The number of ether oxygens (including phenoxy) is 2. The van der Waals surface area contributed by atoms with E-state index in [2.05, 4.69) is 11.8 Å². The molecule has 1 aromatic heterocycles. The van der Waals surface area contributed by atoms with E-state index in [0.29, 0.717) is 35.1 Å². The largest absolute Gasteiger partial charge is 0.497 e. The van der Waals surface area contributed by atoms with E-state index in [4.69, 9.17) is 14.6 Å². The molecule has 3 aromatic rings. The molecule has 5 rings (SSSR count). The second-order valence-corrected chi connectivity index (χ2v) is 11.7. The van der Waals surface area contributed by atoms with Crippen molar-refractivity contribution in [2.75, 3.05) is 38.5 Å². The summed E-state index contributed by atoms with van der Waals surface area (Å²) >= 11 is 0. The predicted molar refractivity (Wildman–Crippen MR) is 140 cm³/mol. The standard InChI is InChI=1S/C27H31N3O5S/c1-17-10-11-29(16-17)19-8-9-25(36(4,32)33)24(14-19)30-27(31)23-7-5-6-22(23)26(28-30)18-12-20(34-2)15-21(13-18)35-3/h8-9,12-15,17H,5-7,10-11,16H2,1-4H3. The van der Waals surface area contributed by atoms with Gasteiger partial charge in [0.2, 0.25) is 0 Å². The Balaban J connectivity index is 1.77. The SMILES string of the molecule is COc1cc(OC)cc(-c2nn(-c3cc(N4CCC(C)C4)ccc3S(C)(=O)=O)c(=O)c3c2CCC3)c1. The van der Waals surface area contributed by atoms with E-state index in [1.165, 1.54) is 4.68 Å². The van der Waals surface area contributed by atoms with E-state index >= 15 is 0 Å². The van der Waals surface area contributed by atoms with Gasteiger partial charge in [-0.1, -0.05) is 6.92 Å². The first-order valence-electron chi connectivity index (χ1n) is 12.2. The monoisotopic (exact) mass is 509 g/mol. The van der Waals surface area contributed by atoms with Crippen molar-refractivity contribution in [2.24, 2.45) is 5.92 Å². The minimum absolute atomic E-state index is 0.0835. The first kappa shape index (κ1) is 24.4. The predicted octanol–water partition coefficient (Wildman–Crippen LogP) is 3.66. The molecule has 2 aliphatic rings. The lowest BCUT2D eigenvalue weighted by Gasteiger charge is -2.21. The Morgan fingerprint density at radius 1 is 1.00 bits per heavy atom. The number of aromatic nitrogens is 2. The second kappa shape index (κ2) is 9.28. The highest BCUT2D eigenvalue weighted by molar-refractivity contribution is 7.90. The molecule has 0 radical (unpaired) electrons. The van der Waals surface area contributed by atoms with Gasteiger partial charge in [-0.15, -0.1) is 0 Å². The number of hydrogen-bond acceptors (Lipinski definition) is 7. The van der Waals surface area contributed by atoms with Crippen molar-refractivity contribution >= 4 is 15.5 Å². The number of hydrogen-bond donors (Lipinski definition) is 0. The zero-order valence-corrected chi connectivity index (χ0v) is 21.9. The van der Waals surface area contributed by atoms with Crippen molar-refractivity contribution < 1.29 is 17.9 Å². The Hall–Kier alpha value is -3.33. The zero-order valence-electron chi connectivity index (χ0n) is 21.1. The molecule has 0 N–H and O–H groups in total. The lowest BCUT2D eigenvalue weighted by atomic mass is 10.0. The van der Waals surface area contributed by atoms with Crippen LogP contribution in [0.1, 0.15) is 30.9 Å². The van der Waals surface area contributed by atoms with Gasteiger partial charge in [-0.25, -0.2) is 8.42 Å². The van der Waals surface area contributed by atoms with E-state index in [9.17, 15) is 13.2 Å². The lowest BCUT2D eigenvalue weighted by Crippen LogP contribution is -2.28. The topological polar surface area (TPSA) is 90.7 Å². The van der Waals surface area contributed by atoms with Crippen LogP contribution in [0, 0.1) is 5.92 Å². The molecule has 1 atom stereocenters. The molecule has 1 aliphatic carbocycles. The maximum Gasteiger partial charge on any atom is 0.275 e. The van der Waals surface area contributed by atoms with Gasteiger partial charge >= 0.3 is 0 Å². The summed E-state index contributed by atoms with van der Waals surface area (Å²) in [6.45, 7) is 3.98. The summed E-state index contributed by atoms with van der Waals surface area (Å²) in [5.41, 5.74) is 3.88. The third-order valence-electron chi connectivity index (χ3n) is 7.14. The van der Waals surface area contributed by atoms with Crippen LogP contribution < -0.4 is 19.9 Å². The zero-order chi connectivity index (χ0) is 25.6. The Labute approximate surface area is 211 Å². The van der Waals surface area contributed by atoms with Gasteiger partial charge < -0.3 is 14.4 Å². The van der Waals surface area contributed by atoms with E-state index in [-0.39, 0.29) is 16.1 Å². The maximum absolute atomic E-state index is 13.7. The van der Waals surface area contributed by atoms with Crippen LogP contribution in [0.3, 0.4) is 0 Å². The summed E-state index contributed by atoms with van der Waals surface area (Å²) in [5, 5.41) is 4.80. The number of methoxy groups -OCH3 is 2. The summed E-state index contributed by atoms with van der Waals surface area (Å²) in [5.74, 6) is 1.77. The Bertz CT molecular complexity index is 1470. The van der Waals surface area contributed by atoms with Crippen LogP contribution in [0.5, 0.6) is 11.5 Å². The molecule has 0 spiro atoms. The van der Waals surface area contributed by atoms with Crippen molar-refractivity contribution in [2.45, 2.75) is 37.5 Å². The number of anilines is 1. The molecule has 0 saturated carbocycles. The third kappa shape index (κ3) is 4.36. The lowest BCUT2D eigenvalue weighted by molar-refractivity contribution is 0.394. The summed E-state index contributed by atoms with van der Waals surface area (Å²) in [4.78, 5) is 16.0. The summed E-state index contributed by atoms with van der Waals surface area (Å²) in [7, 11) is -0.453. The molecule has 9 heteroatoms. The smallest absolute Gasteiger partial charge is 0.275 e. The first-order valence-corrected chi connectivity index (χ1v) is 14.1. The molecule has 8 nitrogen and oxygen atoms in total. The molecule has 36 heavy (non-hydrogen) atoms. The minimum atomic E-state index is -3.62. The van der Waals surface area contributed by atoms with Gasteiger partial charge in [-0.05, 0) is 67.5 Å². The Morgan fingerprint density at radius 3 is 2.31 bits per heavy atom. The number of sulfone groups is 1. The second-order valence-electron chi connectivity index (χ2n) is 9.74. The minimum Gasteiger partial charge on any atom is -0.497 e. The number of fused-ring (bicyclic) bond motifs is 1. The first-order chi connectivity index (χ1) is 17.2. The van der Waals surface area contributed by atoms with E-state index < -0.39 is 9.84 Å². The van der Waals surface area contributed by atoms with Crippen LogP contribution in [-0.2, 0) is 22.7 Å². The number of nitrogens with zero attached hydrogens (tertiary/aromatic N) is 3. The molecule has 0 amide bonds. The molecular formula is C27H31N3O5S. The summed E-state index contributed by atoms with van der Waals surface area (Å²) < 4.78 is 37.8. The van der Waals surface area contributed by atoms with Gasteiger partial charge in [0.1, 0.15) is 11.5 Å². The van der Waals surface area contributed by atoms with Crippen LogP contribution in [0.2, 0.25) is 0 Å². The number of benzene rings is 2. The average molecular weight is 510 g/mol. The van der Waals surface area contributed by atoms with Crippen LogP contribution in [0.4, 0.5) is 5.69 Å². The number of rotatable bonds is 6. The van der Waals surface area contributed by atoms with Gasteiger partial charge in [-0.2, -0.15) is 9.78 Å². The Morgan fingerprint density at radius 2 is 1.69 bits per heavy atom. The highest BCUT2D eigenvalue weighted by Gasteiger charge is 2.27. The molecular weight excluding hydrogens is 478 g/mol. The van der Waals surface area contributed by atoms with E-state index in [1.54, 1.807) is 32.4 Å². The van der Waals surface area contributed by atoms with E-state index in [1.807, 2.05) is 18.2 Å². The van der Waals surface area contributed by atoms with Gasteiger partial charge in [0.25, 0.3) is 5.56 Å². The van der Waals surface area contributed by atoms with Crippen molar-refractivity contribution in [3.05, 3.63) is 57.9 Å². The molecule has 1 aliphatic heterocycles. The molecule has 2 aromatic carbocycles. The van der Waals surface area contributed by atoms with Crippen LogP contribution in [-0.4, -0.2) is 51.8 Å². The highest BCUT2D eigenvalue weighted by Crippen LogP contribution is 2.35. The Kier molecular flexibility index (Phi) is 6.28. The highest BCUT2D eigenvalue weighted by atomic mass is 32.2. The molecule has 2 heterocycles. The van der Waals surface area contributed by atoms with Gasteiger partial charge in [-0.3, -0.25) is 4.79 Å². The van der Waals surface area contributed by atoms with Crippen molar-refractivity contribution in [3.8, 4) is 28.4 Å². The summed E-state index contributed by atoms with van der Waals surface area (Å²) in [6.07, 6.45) is 4.44.